The summed E-state index contributed by atoms with van der Waals surface area (Å²) in [5, 5.41) is 9.47. The van der Waals surface area contributed by atoms with Gasteiger partial charge >= 0.3 is 12.1 Å². The van der Waals surface area contributed by atoms with Crippen LogP contribution in [0.15, 0.2) is 0 Å². The van der Waals surface area contributed by atoms with Gasteiger partial charge in [0.1, 0.15) is 5.54 Å². The highest BCUT2D eigenvalue weighted by Gasteiger charge is 2.64. The van der Waals surface area contributed by atoms with Crippen LogP contribution in [-0.4, -0.2) is 83.3 Å². The van der Waals surface area contributed by atoms with Crippen LogP contribution in [0.3, 0.4) is 0 Å². The van der Waals surface area contributed by atoms with Gasteiger partial charge in [-0.1, -0.05) is 20.8 Å². The van der Waals surface area contributed by atoms with Crippen molar-refractivity contribution in [2.24, 2.45) is 17.3 Å². The fraction of sp³-hybridized carbons (Fsp3) is 0.842. The minimum atomic E-state index is -0.974. The van der Waals surface area contributed by atoms with E-state index in [0.29, 0.717) is 18.9 Å². The summed E-state index contributed by atoms with van der Waals surface area (Å²) < 4.78 is 5.35. The Morgan fingerprint density at radius 3 is 2.44 bits per heavy atom. The molecule has 2 saturated heterocycles. The molecule has 0 aromatic heterocycles. The summed E-state index contributed by atoms with van der Waals surface area (Å²) in [6.07, 6.45) is 1.36. The van der Waals surface area contributed by atoms with Crippen molar-refractivity contribution in [2.45, 2.75) is 51.7 Å². The molecule has 152 valence electrons. The van der Waals surface area contributed by atoms with E-state index in [1.165, 1.54) is 16.8 Å². The van der Waals surface area contributed by atoms with E-state index >= 15 is 0 Å². The minimum absolute atomic E-state index is 0.194. The number of likely N-dealkylation sites (tertiary alicyclic amines) is 1. The Bertz CT molecular complexity index is 640. The van der Waals surface area contributed by atoms with Gasteiger partial charge in [0.05, 0.1) is 6.10 Å². The van der Waals surface area contributed by atoms with Crippen LogP contribution < -0.4 is 0 Å². The van der Waals surface area contributed by atoms with Gasteiger partial charge in [-0.15, -0.1) is 0 Å². The second-order valence-corrected chi connectivity index (χ2v) is 9.27. The predicted molar refractivity (Wildman–Crippen MR) is 98.3 cm³/mol. The summed E-state index contributed by atoms with van der Waals surface area (Å²) in [6, 6.07) is -0.265. The number of hydrogen-bond donors (Lipinski definition) is 1. The zero-order valence-corrected chi connectivity index (χ0v) is 16.9. The zero-order valence-electron chi connectivity index (χ0n) is 16.9. The smallest absolute Gasteiger partial charge is 0.407 e. The summed E-state index contributed by atoms with van der Waals surface area (Å²) in [6.45, 7) is 7.09. The highest BCUT2D eigenvalue weighted by molar-refractivity contribution is 6.07. The van der Waals surface area contributed by atoms with Crippen LogP contribution >= 0.6 is 0 Å². The van der Waals surface area contributed by atoms with Gasteiger partial charge in [0.2, 0.25) is 0 Å². The monoisotopic (exact) mass is 381 g/mol. The molecule has 27 heavy (non-hydrogen) atoms. The van der Waals surface area contributed by atoms with Gasteiger partial charge in [-0.05, 0) is 30.6 Å². The van der Waals surface area contributed by atoms with Crippen molar-refractivity contribution in [3.8, 4) is 0 Å². The molecule has 2 aliphatic heterocycles. The van der Waals surface area contributed by atoms with Crippen molar-refractivity contribution < 1.29 is 24.2 Å². The Morgan fingerprint density at radius 1 is 1.30 bits per heavy atom. The number of likely N-dealkylation sites (N-methyl/N-ethyl adjacent to an activating group) is 1. The topological polar surface area (TPSA) is 90.4 Å². The van der Waals surface area contributed by atoms with Crippen LogP contribution in [0.1, 0.15) is 40.0 Å². The van der Waals surface area contributed by atoms with E-state index in [-0.39, 0.29) is 42.5 Å². The molecule has 1 N–H and O–H groups in total. The molecule has 0 aromatic carbocycles. The molecule has 1 spiro atoms. The van der Waals surface area contributed by atoms with Crippen LogP contribution in [0.5, 0.6) is 0 Å². The molecule has 2 atom stereocenters. The molecule has 1 saturated carbocycles. The van der Waals surface area contributed by atoms with Crippen molar-refractivity contribution in [3.05, 3.63) is 0 Å². The number of rotatable bonds is 3. The van der Waals surface area contributed by atoms with E-state index in [0.717, 1.165) is 12.8 Å². The summed E-state index contributed by atoms with van der Waals surface area (Å²) >= 11 is 0. The number of urea groups is 1. The Balaban J connectivity index is 1.95. The van der Waals surface area contributed by atoms with Gasteiger partial charge in [-0.25, -0.2) is 9.59 Å². The number of methoxy groups -OCH3 is 1. The highest BCUT2D eigenvalue weighted by Crippen LogP contribution is 2.48. The van der Waals surface area contributed by atoms with Crippen molar-refractivity contribution >= 4 is 18.0 Å². The first kappa shape index (κ1) is 19.9. The molecule has 1 aliphatic carbocycles. The normalized spacial score (nSPS) is 34.4. The van der Waals surface area contributed by atoms with Crippen molar-refractivity contribution in [1.29, 1.82) is 0 Å². The lowest BCUT2D eigenvalue weighted by atomic mass is 9.64. The molecule has 0 aromatic rings. The highest BCUT2D eigenvalue weighted by atomic mass is 16.5. The third-order valence-electron chi connectivity index (χ3n) is 6.70. The number of carbonyl (C=O) groups is 3. The number of carbonyl (C=O) groups excluding carboxylic acids is 2. The first-order valence-electron chi connectivity index (χ1n) is 9.62. The molecule has 0 bridgehead atoms. The van der Waals surface area contributed by atoms with Crippen molar-refractivity contribution in [2.75, 3.05) is 33.8 Å². The Kier molecular flexibility index (Phi) is 4.91. The Morgan fingerprint density at radius 2 is 1.93 bits per heavy atom. The summed E-state index contributed by atoms with van der Waals surface area (Å²) in [5.74, 6) is -0.150. The van der Waals surface area contributed by atoms with E-state index in [1.807, 2.05) is 20.8 Å². The standard InChI is InChI=1S/C19H31N3O5/c1-18(2,3)14-11-21(17(25)26)7-6-19(14)15(23)20(4)16(24)22(19)10-12-8-13(9-12)27-5/h12-14H,6-11H2,1-5H3,(H,25,26). The maximum absolute atomic E-state index is 13.3. The zero-order chi connectivity index (χ0) is 20.1. The number of ether oxygens (including phenoxy) is 1. The minimum Gasteiger partial charge on any atom is -0.465 e. The van der Waals surface area contributed by atoms with Crippen LogP contribution in [-0.2, 0) is 9.53 Å². The second-order valence-electron chi connectivity index (χ2n) is 9.27. The Labute approximate surface area is 160 Å². The number of piperidine rings is 1. The second kappa shape index (κ2) is 6.65. The van der Waals surface area contributed by atoms with Gasteiger partial charge < -0.3 is 19.6 Å². The molecule has 4 amide bonds. The lowest BCUT2D eigenvalue weighted by molar-refractivity contribution is -0.143. The number of nitrogens with zero attached hydrogens (tertiary/aromatic N) is 3. The number of imide groups is 1. The Hall–Kier alpha value is -1.83. The third kappa shape index (κ3) is 3.07. The van der Waals surface area contributed by atoms with Crippen molar-refractivity contribution in [3.63, 3.8) is 0 Å². The summed E-state index contributed by atoms with van der Waals surface area (Å²) in [4.78, 5) is 42.2. The van der Waals surface area contributed by atoms with E-state index < -0.39 is 11.6 Å². The quantitative estimate of drug-likeness (QED) is 0.756. The predicted octanol–water partition coefficient (Wildman–Crippen LogP) is 2.09. The third-order valence-corrected chi connectivity index (χ3v) is 6.70. The van der Waals surface area contributed by atoms with E-state index in [9.17, 15) is 19.5 Å². The fourth-order valence-electron chi connectivity index (χ4n) is 5.05. The first-order chi connectivity index (χ1) is 12.5. The lowest BCUT2D eigenvalue weighted by Crippen LogP contribution is -2.66. The molecule has 3 rings (SSSR count). The molecular formula is C19H31N3O5. The van der Waals surface area contributed by atoms with E-state index in [1.54, 1.807) is 12.0 Å². The molecule has 3 aliphatic rings. The maximum atomic E-state index is 13.3. The maximum Gasteiger partial charge on any atom is 0.407 e. The molecule has 2 heterocycles. The SMILES string of the molecule is COC1CC(CN2C(=O)N(C)C(=O)C23CCN(C(=O)O)CC3C(C)(C)C)C1. The lowest BCUT2D eigenvalue weighted by Gasteiger charge is -2.53. The van der Waals surface area contributed by atoms with Gasteiger partial charge in [0, 0.05) is 39.7 Å². The molecular weight excluding hydrogens is 350 g/mol. The van der Waals surface area contributed by atoms with Crippen LogP contribution in [0.2, 0.25) is 0 Å². The number of amides is 4. The van der Waals surface area contributed by atoms with E-state index in [4.69, 9.17) is 4.74 Å². The molecule has 0 radical (unpaired) electrons. The van der Waals surface area contributed by atoms with E-state index in [2.05, 4.69) is 0 Å². The average molecular weight is 381 g/mol. The largest absolute Gasteiger partial charge is 0.465 e. The molecule has 8 heteroatoms. The molecule has 3 fully saturated rings. The van der Waals surface area contributed by atoms with Gasteiger partial charge in [-0.3, -0.25) is 9.69 Å². The van der Waals surface area contributed by atoms with Crippen molar-refractivity contribution in [1.82, 2.24) is 14.7 Å². The van der Waals surface area contributed by atoms with Gasteiger partial charge in [-0.2, -0.15) is 0 Å². The average Bonchev–Trinajstić information content (AvgIpc) is 2.72. The molecule has 8 nitrogen and oxygen atoms in total. The number of carboxylic acid groups (broad SMARTS) is 1. The van der Waals surface area contributed by atoms with Gasteiger partial charge in [0.25, 0.3) is 5.91 Å². The summed E-state index contributed by atoms with van der Waals surface area (Å²) in [5.41, 5.74) is -1.30. The fourth-order valence-corrected chi connectivity index (χ4v) is 5.05. The first-order valence-corrected chi connectivity index (χ1v) is 9.62. The molecule has 2 unspecified atom stereocenters. The van der Waals surface area contributed by atoms with Gasteiger partial charge in [0.15, 0.2) is 0 Å². The van der Waals surface area contributed by atoms with Crippen LogP contribution in [0.4, 0.5) is 9.59 Å². The summed E-state index contributed by atoms with van der Waals surface area (Å²) in [7, 11) is 3.23. The van der Waals surface area contributed by atoms with Crippen LogP contribution in [0, 0.1) is 17.3 Å². The van der Waals surface area contributed by atoms with Crippen LogP contribution in [0.25, 0.3) is 0 Å². The number of hydrogen-bond acceptors (Lipinski definition) is 4.